The monoisotopic (exact) mass is 296 g/mol. The van der Waals surface area contributed by atoms with Crippen LogP contribution in [0.1, 0.15) is 38.1 Å². The molecule has 0 N–H and O–H groups in total. The van der Waals surface area contributed by atoms with Crippen molar-refractivity contribution in [2.75, 3.05) is 31.1 Å². The van der Waals surface area contributed by atoms with E-state index in [1.807, 2.05) is 11.8 Å². The fourth-order valence-corrected chi connectivity index (χ4v) is 2.46. The minimum absolute atomic E-state index is 0.130. The molecule has 1 aromatic heterocycles. The van der Waals surface area contributed by atoms with Crippen molar-refractivity contribution in [1.82, 2.24) is 14.9 Å². The van der Waals surface area contributed by atoms with Crippen LogP contribution in [0.25, 0.3) is 0 Å². The average Bonchev–Trinajstić information content (AvgIpc) is 2.41. The van der Waals surface area contributed by atoms with Crippen molar-refractivity contribution in [3.05, 3.63) is 16.5 Å². The van der Waals surface area contributed by atoms with Crippen LogP contribution in [0, 0.1) is 6.92 Å². The Kier molecular flexibility index (Phi) is 4.48. The Balaban J connectivity index is 2.23. The first-order chi connectivity index (χ1) is 9.40. The molecule has 0 saturated carbocycles. The summed E-state index contributed by atoms with van der Waals surface area (Å²) in [5, 5.41) is 0.521. The van der Waals surface area contributed by atoms with Crippen molar-refractivity contribution in [3.63, 3.8) is 0 Å². The van der Waals surface area contributed by atoms with Gasteiger partial charge in [0.1, 0.15) is 16.8 Å². The molecule has 0 bridgehead atoms. The number of aromatic nitrogens is 2. The molecule has 1 aromatic rings. The van der Waals surface area contributed by atoms with Crippen molar-refractivity contribution in [2.24, 2.45) is 0 Å². The number of rotatable bonds is 2. The van der Waals surface area contributed by atoms with Gasteiger partial charge >= 0.3 is 0 Å². The predicted octanol–water partition coefficient (Wildman–Crippen LogP) is 2.23. The predicted molar refractivity (Wildman–Crippen MR) is 80.3 cm³/mol. The Hall–Kier alpha value is -1.36. The minimum atomic E-state index is 0.130. The van der Waals surface area contributed by atoms with E-state index in [1.165, 1.54) is 0 Å². The zero-order chi connectivity index (χ0) is 14.9. The number of halogens is 1. The quantitative estimate of drug-likeness (QED) is 0.785. The first-order valence-electron chi connectivity index (χ1n) is 6.94. The highest BCUT2D eigenvalue weighted by molar-refractivity contribution is 6.30. The van der Waals surface area contributed by atoms with Gasteiger partial charge in [-0.25, -0.2) is 9.97 Å². The van der Waals surface area contributed by atoms with Crippen molar-refractivity contribution in [3.8, 4) is 0 Å². The van der Waals surface area contributed by atoms with E-state index in [0.29, 0.717) is 5.15 Å². The summed E-state index contributed by atoms with van der Waals surface area (Å²) in [6, 6.07) is 0. The van der Waals surface area contributed by atoms with Gasteiger partial charge in [0.25, 0.3) is 0 Å². The normalized spacial score (nSPS) is 15.9. The van der Waals surface area contributed by atoms with Gasteiger partial charge in [0.05, 0.1) is 0 Å². The van der Waals surface area contributed by atoms with Crippen LogP contribution in [-0.4, -0.2) is 47.0 Å². The standard InChI is InChI=1S/C14H21ClN4O/c1-9(2)13-16-12(15)10(3)14(17-13)19-7-5-18(6-8-19)11(4)20/h9H,5-8H2,1-4H3. The lowest BCUT2D eigenvalue weighted by molar-refractivity contribution is -0.129. The molecule has 5 nitrogen and oxygen atoms in total. The highest BCUT2D eigenvalue weighted by Crippen LogP contribution is 2.26. The minimum Gasteiger partial charge on any atom is -0.353 e. The first-order valence-corrected chi connectivity index (χ1v) is 7.32. The molecule has 1 fully saturated rings. The molecule has 110 valence electrons. The van der Waals surface area contributed by atoms with Crippen LogP contribution in [-0.2, 0) is 4.79 Å². The second kappa shape index (κ2) is 5.95. The third kappa shape index (κ3) is 3.03. The molecule has 0 aromatic carbocycles. The summed E-state index contributed by atoms with van der Waals surface area (Å²) in [7, 11) is 0. The average molecular weight is 297 g/mol. The molecule has 0 radical (unpaired) electrons. The van der Waals surface area contributed by atoms with Gasteiger partial charge in [-0.15, -0.1) is 0 Å². The number of carbonyl (C=O) groups excluding carboxylic acids is 1. The van der Waals surface area contributed by atoms with Gasteiger partial charge in [-0.05, 0) is 6.92 Å². The van der Waals surface area contributed by atoms with E-state index in [9.17, 15) is 4.79 Å². The van der Waals surface area contributed by atoms with Gasteiger partial charge in [-0.3, -0.25) is 4.79 Å². The molecule has 1 aliphatic heterocycles. The lowest BCUT2D eigenvalue weighted by Crippen LogP contribution is -2.48. The van der Waals surface area contributed by atoms with Crippen molar-refractivity contribution < 1.29 is 4.79 Å². The highest BCUT2D eigenvalue weighted by Gasteiger charge is 2.23. The Bertz CT molecular complexity index is 510. The molecular formula is C14H21ClN4O. The van der Waals surface area contributed by atoms with Gasteiger partial charge < -0.3 is 9.80 Å². The van der Waals surface area contributed by atoms with Gasteiger partial charge in [-0.1, -0.05) is 25.4 Å². The van der Waals surface area contributed by atoms with Crippen molar-refractivity contribution in [2.45, 2.75) is 33.6 Å². The van der Waals surface area contributed by atoms with Crippen LogP contribution in [0.15, 0.2) is 0 Å². The number of carbonyl (C=O) groups is 1. The molecule has 20 heavy (non-hydrogen) atoms. The van der Waals surface area contributed by atoms with Gasteiger partial charge in [0.2, 0.25) is 5.91 Å². The van der Waals surface area contributed by atoms with Crippen LogP contribution in [0.5, 0.6) is 0 Å². The van der Waals surface area contributed by atoms with E-state index in [-0.39, 0.29) is 11.8 Å². The fraction of sp³-hybridized carbons (Fsp3) is 0.643. The van der Waals surface area contributed by atoms with Crippen LogP contribution in [0.3, 0.4) is 0 Å². The molecule has 1 saturated heterocycles. The largest absolute Gasteiger partial charge is 0.353 e. The summed E-state index contributed by atoms with van der Waals surface area (Å²) in [5.41, 5.74) is 0.910. The molecule has 2 rings (SSSR count). The van der Waals surface area contributed by atoms with Gasteiger partial charge in [-0.2, -0.15) is 0 Å². The van der Waals surface area contributed by atoms with E-state index in [4.69, 9.17) is 11.6 Å². The van der Waals surface area contributed by atoms with Crippen molar-refractivity contribution in [1.29, 1.82) is 0 Å². The highest BCUT2D eigenvalue weighted by atomic mass is 35.5. The van der Waals surface area contributed by atoms with E-state index in [0.717, 1.165) is 43.4 Å². The number of hydrogen-bond donors (Lipinski definition) is 0. The van der Waals surface area contributed by atoms with Gasteiger partial charge in [0.15, 0.2) is 0 Å². The molecule has 6 heteroatoms. The number of amides is 1. The third-order valence-corrected chi connectivity index (χ3v) is 3.99. The number of hydrogen-bond acceptors (Lipinski definition) is 4. The maximum atomic E-state index is 11.4. The summed E-state index contributed by atoms with van der Waals surface area (Å²) in [4.78, 5) is 24.4. The van der Waals surface area contributed by atoms with Crippen LogP contribution in [0.2, 0.25) is 5.15 Å². The summed E-state index contributed by atoms with van der Waals surface area (Å²) in [5.74, 6) is 2.04. The first kappa shape index (κ1) is 15.0. The van der Waals surface area contributed by atoms with E-state index >= 15 is 0 Å². The Morgan fingerprint density at radius 1 is 1.20 bits per heavy atom. The molecule has 0 spiro atoms. The lowest BCUT2D eigenvalue weighted by Gasteiger charge is -2.35. The number of anilines is 1. The third-order valence-electron chi connectivity index (χ3n) is 3.62. The topological polar surface area (TPSA) is 49.3 Å². The van der Waals surface area contributed by atoms with Gasteiger partial charge in [0, 0.05) is 44.6 Å². The maximum Gasteiger partial charge on any atom is 0.219 e. The smallest absolute Gasteiger partial charge is 0.219 e. The zero-order valence-electron chi connectivity index (χ0n) is 12.5. The van der Waals surface area contributed by atoms with Crippen LogP contribution < -0.4 is 4.90 Å². The molecule has 1 amide bonds. The van der Waals surface area contributed by atoms with E-state index < -0.39 is 0 Å². The molecule has 0 unspecified atom stereocenters. The Labute approximate surface area is 124 Å². The zero-order valence-corrected chi connectivity index (χ0v) is 13.2. The molecule has 2 heterocycles. The van der Waals surface area contributed by atoms with Crippen molar-refractivity contribution >= 4 is 23.3 Å². The second-order valence-corrected chi connectivity index (χ2v) is 5.83. The second-order valence-electron chi connectivity index (χ2n) is 5.47. The summed E-state index contributed by atoms with van der Waals surface area (Å²) in [6.45, 7) is 10.7. The Morgan fingerprint density at radius 3 is 2.30 bits per heavy atom. The molecule has 0 aliphatic carbocycles. The maximum absolute atomic E-state index is 11.4. The van der Waals surface area contributed by atoms with E-state index in [2.05, 4.69) is 28.7 Å². The number of piperazine rings is 1. The Morgan fingerprint density at radius 2 is 1.80 bits per heavy atom. The van der Waals surface area contributed by atoms with Crippen LogP contribution in [0.4, 0.5) is 5.82 Å². The molecular weight excluding hydrogens is 276 g/mol. The fourth-order valence-electron chi connectivity index (χ4n) is 2.29. The SMILES string of the molecule is CC(=O)N1CCN(c2nc(C(C)C)nc(Cl)c2C)CC1. The summed E-state index contributed by atoms with van der Waals surface area (Å²) < 4.78 is 0. The molecule has 0 atom stereocenters. The summed E-state index contributed by atoms with van der Waals surface area (Å²) >= 11 is 6.22. The summed E-state index contributed by atoms with van der Waals surface area (Å²) in [6.07, 6.45) is 0. The number of nitrogens with zero attached hydrogens (tertiary/aromatic N) is 4. The van der Waals surface area contributed by atoms with E-state index in [1.54, 1.807) is 6.92 Å². The molecule has 1 aliphatic rings. The lowest BCUT2D eigenvalue weighted by atomic mass is 10.2. The van der Waals surface area contributed by atoms with Crippen LogP contribution >= 0.6 is 11.6 Å².